The van der Waals surface area contributed by atoms with Crippen molar-refractivity contribution in [1.82, 2.24) is 5.32 Å². The fraction of sp³-hybridized carbons (Fsp3) is 0.222. The molecule has 0 atom stereocenters. The van der Waals surface area contributed by atoms with Crippen LogP contribution >= 0.6 is 0 Å². The van der Waals surface area contributed by atoms with Gasteiger partial charge in [-0.05, 0) is 35.7 Å². The van der Waals surface area contributed by atoms with Crippen LogP contribution in [-0.4, -0.2) is 36.6 Å². The highest BCUT2D eigenvalue weighted by atomic mass is 16.5. The lowest BCUT2D eigenvalue weighted by Crippen LogP contribution is -2.27. The normalized spacial score (nSPS) is 10.6. The molecule has 0 saturated heterocycles. The molecule has 7 heteroatoms. The highest BCUT2D eigenvalue weighted by molar-refractivity contribution is 6.06. The van der Waals surface area contributed by atoms with Crippen molar-refractivity contribution in [3.05, 3.63) is 89.0 Å². The molecule has 0 unspecified atom stereocenters. The largest absolute Gasteiger partial charge is 0.488 e. The molecule has 0 spiro atoms. The van der Waals surface area contributed by atoms with Gasteiger partial charge in [-0.3, -0.25) is 4.79 Å². The minimum atomic E-state index is -1.17. The first-order chi connectivity index (χ1) is 16.3. The number of hydrogen-bond donors (Lipinski definition) is 2. The van der Waals surface area contributed by atoms with Crippen molar-refractivity contribution in [2.75, 3.05) is 13.7 Å². The third kappa shape index (κ3) is 5.81. The molecule has 3 aromatic rings. The van der Waals surface area contributed by atoms with Gasteiger partial charge in [-0.15, -0.1) is 0 Å². The van der Waals surface area contributed by atoms with Gasteiger partial charge in [0.2, 0.25) is 0 Å². The van der Waals surface area contributed by atoms with Crippen LogP contribution in [0.15, 0.2) is 66.7 Å². The van der Waals surface area contributed by atoms with Gasteiger partial charge in [0.1, 0.15) is 12.4 Å². The Labute approximate surface area is 198 Å². The third-order valence-corrected chi connectivity index (χ3v) is 5.12. The summed E-state index contributed by atoms with van der Waals surface area (Å²) in [6.07, 6.45) is 0. The summed E-state index contributed by atoms with van der Waals surface area (Å²) in [5, 5.41) is 12.7. The van der Waals surface area contributed by atoms with Crippen molar-refractivity contribution in [3.8, 4) is 16.9 Å². The average molecular weight is 462 g/mol. The number of carbonyl (C=O) groups excluding carboxylic acids is 2. The van der Waals surface area contributed by atoms with Crippen molar-refractivity contribution in [2.24, 2.45) is 5.92 Å². The zero-order valence-electron chi connectivity index (χ0n) is 19.3. The van der Waals surface area contributed by atoms with E-state index >= 15 is 0 Å². The minimum absolute atomic E-state index is 0.0345. The Hall–Kier alpha value is -4.13. The average Bonchev–Trinajstić information content (AvgIpc) is 2.85. The molecule has 0 bridgehead atoms. The SMILES string of the molecule is COC(=O)c1cc(C(=O)NCC(C)C)ccc1-c1c(OCc2ccccc2)cccc1C(=O)O. The number of nitrogens with one attached hydrogen (secondary N) is 1. The summed E-state index contributed by atoms with van der Waals surface area (Å²) >= 11 is 0. The molecule has 0 saturated carbocycles. The lowest BCUT2D eigenvalue weighted by molar-refractivity contribution is 0.0600. The van der Waals surface area contributed by atoms with Crippen molar-refractivity contribution in [3.63, 3.8) is 0 Å². The van der Waals surface area contributed by atoms with Crippen LogP contribution in [0.2, 0.25) is 0 Å². The number of amides is 1. The molecule has 0 aromatic heterocycles. The van der Waals surface area contributed by atoms with Gasteiger partial charge in [-0.2, -0.15) is 0 Å². The standard InChI is InChI=1S/C27H27NO6/c1-17(2)15-28-25(29)19-12-13-20(22(14-19)27(32)33-3)24-21(26(30)31)10-7-11-23(24)34-16-18-8-5-4-6-9-18/h4-14,17H,15-16H2,1-3H3,(H,28,29)(H,30,31). The maximum atomic E-state index is 12.7. The molecule has 0 aliphatic rings. The van der Waals surface area contributed by atoms with E-state index in [0.717, 1.165) is 5.56 Å². The van der Waals surface area contributed by atoms with Crippen LogP contribution in [0.5, 0.6) is 5.75 Å². The van der Waals surface area contributed by atoms with Crippen LogP contribution in [0.25, 0.3) is 11.1 Å². The number of carboxylic acids is 1. The maximum Gasteiger partial charge on any atom is 0.338 e. The zero-order valence-corrected chi connectivity index (χ0v) is 19.3. The summed E-state index contributed by atoms with van der Waals surface area (Å²) in [5.41, 5.74) is 1.74. The van der Waals surface area contributed by atoms with Gasteiger partial charge in [-0.1, -0.05) is 56.3 Å². The number of aromatic carboxylic acids is 1. The quantitative estimate of drug-likeness (QED) is 0.444. The van der Waals surface area contributed by atoms with Crippen molar-refractivity contribution >= 4 is 17.8 Å². The topological polar surface area (TPSA) is 102 Å². The van der Waals surface area contributed by atoms with E-state index in [1.807, 2.05) is 44.2 Å². The fourth-order valence-corrected chi connectivity index (χ4v) is 3.42. The van der Waals surface area contributed by atoms with Gasteiger partial charge in [0.05, 0.1) is 18.2 Å². The number of carboxylic acid groups (broad SMARTS) is 1. The monoisotopic (exact) mass is 461 g/mol. The van der Waals surface area contributed by atoms with Crippen molar-refractivity contribution in [2.45, 2.75) is 20.5 Å². The molecule has 3 aromatic carbocycles. The Bertz CT molecular complexity index is 1190. The maximum absolute atomic E-state index is 12.7. The summed E-state index contributed by atoms with van der Waals surface area (Å²) in [7, 11) is 1.23. The molecule has 0 fully saturated rings. The number of esters is 1. The second kappa shape index (κ2) is 11.1. The Kier molecular flexibility index (Phi) is 8.03. The molecule has 0 aliphatic heterocycles. The van der Waals surface area contributed by atoms with E-state index in [0.29, 0.717) is 17.9 Å². The number of benzene rings is 3. The van der Waals surface area contributed by atoms with Crippen LogP contribution in [0.3, 0.4) is 0 Å². The van der Waals surface area contributed by atoms with Gasteiger partial charge in [-0.25, -0.2) is 9.59 Å². The van der Waals surface area contributed by atoms with Crippen LogP contribution < -0.4 is 10.1 Å². The van der Waals surface area contributed by atoms with E-state index in [2.05, 4.69) is 5.32 Å². The van der Waals surface area contributed by atoms with E-state index in [-0.39, 0.29) is 40.7 Å². The van der Waals surface area contributed by atoms with Gasteiger partial charge in [0, 0.05) is 23.2 Å². The van der Waals surface area contributed by atoms with Gasteiger partial charge in [0.15, 0.2) is 0 Å². The van der Waals surface area contributed by atoms with E-state index < -0.39 is 11.9 Å². The second-order valence-corrected chi connectivity index (χ2v) is 8.11. The van der Waals surface area contributed by atoms with E-state index in [4.69, 9.17) is 9.47 Å². The first kappa shape index (κ1) is 24.5. The molecule has 0 aliphatic carbocycles. The highest BCUT2D eigenvalue weighted by Crippen LogP contribution is 2.37. The zero-order chi connectivity index (χ0) is 24.7. The Morgan fingerprint density at radius 1 is 0.941 bits per heavy atom. The molecule has 2 N–H and O–H groups in total. The number of methoxy groups -OCH3 is 1. The Balaban J connectivity index is 2.10. The van der Waals surface area contributed by atoms with Crippen LogP contribution in [0.4, 0.5) is 0 Å². The molecule has 176 valence electrons. The number of ether oxygens (including phenoxy) is 2. The summed E-state index contributed by atoms with van der Waals surface area (Å²) in [6.45, 7) is 4.64. The number of hydrogen-bond acceptors (Lipinski definition) is 5. The third-order valence-electron chi connectivity index (χ3n) is 5.12. The predicted octanol–water partition coefficient (Wildman–Crippen LogP) is 4.80. The molecular weight excluding hydrogens is 434 g/mol. The molecule has 0 radical (unpaired) electrons. The Morgan fingerprint density at radius 3 is 2.32 bits per heavy atom. The molecular formula is C27H27NO6. The number of carbonyl (C=O) groups is 3. The van der Waals surface area contributed by atoms with Gasteiger partial charge < -0.3 is 19.9 Å². The second-order valence-electron chi connectivity index (χ2n) is 8.11. The predicted molar refractivity (Wildman–Crippen MR) is 128 cm³/mol. The van der Waals surface area contributed by atoms with Crippen LogP contribution in [0.1, 0.15) is 50.5 Å². The highest BCUT2D eigenvalue weighted by Gasteiger charge is 2.24. The van der Waals surface area contributed by atoms with E-state index in [1.54, 1.807) is 24.3 Å². The number of rotatable bonds is 9. The summed E-state index contributed by atoms with van der Waals surface area (Å²) < 4.78 is 10.9. The molecule has 0 heterocycles. The molecule has 3 rings (SSSR count). The van der Waals surface area contributed by atoms with Crippen molar-refractivity contribution in [1.29, 1.82) is 0 Å². The van der Waals surface area contributed by atoms with Crippen LogP contribution in [0, 0.1) is 5.92 Å². The minimum Gasteiger partial charge on any atom is -0.488 e. The smallest absolute Gasteiger partial charge is 0.338 e. The molecule has 7 nitrogen and oxygen atoms in total. The summed E-state index contributed by atoms with van der Waals surface area (Å²) in [4.78, 5) is 37.3. The lowest BCUT2D eigenvalue weighted by Gasteiger charge is -2.17. The van der Waals surface area contributed by atoms with Crippen LogP contribution in [-0.2, 0) is 11.3 Å². The molecule has 1 amide bonds. The Morgan fingerprint density at radius 2 is 1.68 bits per heavy atom. The van der Waals surface area contributed by atoms with E-state index in [1.165, 1.54) is 19.2 Å². The van der Waals surface area contributed by atoms with Gasteiger partial charge in [0.25, 0.3) is 5.91 Å². The fourth-order valence-electron chi connectivity index (χ4n) is 3.42. The lowest BCUT2D eigenvalue weighted by atomic mass is 9.92. The first-order valence-corrected chi connectivity index (χ1v) is 10.9. The summed E-state index contributed by atoms with van der Waals surface area (Å²) in [6, 6.07) is 18.6. The van der Waals surface area contributed by atoms with Gasteiger partial charge >= 0.3 is 11.9 Å². The molecule has 34 heavy (non-hydrogen) atoms. The van der Waals surface area contributed by atoms with E-state index in [9.17, 15) is 19.5 Å². The first-order valence-electron chi connectivity index (χ1n) is 10.9. The van der Waals surface area contributed by atoms with Crippen molar-refractivity contribution < 1.29 is 29.0 Å². The summed E-state index contributed by atoms with van der Waals surface area (Å²) in [5.74, 6) is -1.64.